The van der Waals surface area contributed by atoms with Crippen LogP contribution >= 0.6 is 0 Å². The highest BCUT2D eigenvalue weighted by Gasteiger charge is 2.23. The summed E-state index contributed by atoms with van der Waals surface area (Å²) in [5, 5.41) is 11.4. The minimum absolute atomic E-state index is 0.0875. The number of amides is 2. The fourth-order valence-electron chi connectivity index (χ4n) is 2.10. The Morgan fingerprint density at radius 3 is 2.88 bits per heavy atom. The van der Waals surface area contributed by atoms with E-state index in [-0.39, 0.29) is 12.5 Å². The average Bonchev–Trinajstić information content (AvgIpc) is 2.33. The summed E-state index contributed by atoms with van der Waals surface area (Å²) in [6, 6.07) is -0.0875. The monoisotopic (exact) mass is 243 g/mol. The number of carboxylic acid groups (broad SMARTS) is 1. The van der Waals surface area contributed by atoms with E-state index in [4.69, 9.17) is 10.8 Å². The number of carbonyl (C=O) groups excluding carboxylic acids is 1. The second kappa shape index (κ2) is 7.11. The van der Waals surface area contributed by atoms with Crippen LogP contribution in [-0.2, 0) is 4.79 Å². The zero-order chi connectivity index (χ0) is 12.7. The van der Waals surface area contributed by atoms with Crippen LogP contribution in [0, 0.1) is 5.92 Å². The molecular formula is C11H21N3O3. The van der Waals surface area contributed by atoms with E-state index in [1.165, 1.54) is 0 Å². The van der Waals surface area contributed by atoms with Gasteiger partial charge in [0.1, 0.15) is 0 Å². The van der Waals surface area contributed by atoms with Crippen LogP contribution in [0.4, 0.5) is 4.79 Å². The Morgan fingerprint density at radius 1 is 1.47 bits per heavy atom. The van der Waals surface area contributed by atoms with Crippen molar-refractivity contribution in [2.75, 3.05) is 26.2 Å². The number of nitrogens with zero attached hydrogens (tertiary/aromatic N) is 1. The van der Waals surface area contributed by atoms with E-state index < -0.39 is 5.97 Å². The van der Waals surface area contributed by atoms with Crippen LogP contribution in [0.3, 0.4) is 0 Å². The first-order valence-electron chi connectivity index (χ1n) is 6.08. The summed E-state index contributed by atoms with van der Waals surface area (Å²) in [4.78, 5) is 23.9. The molecule has 6 nitrogen and oxygen atoms in total. The highest BCUT2D eigenvalue weighted by atomic mass is 16.4. The first-order valence-corrected chi connectivity index (χ1v) is 6.08. The fourth-order valence-corrected chi connectivity index (χ4v) is 2.10. The molecule has 0 spiro atoms. The van der Waals surface area contributed by atoms with Crippen molar-refractivity contribution in [3.63, 3.8) is 0 Å². The number of hydrogen-bond acceptors (Lipinski definition) is 3. The predicted octanol–water partition coefficient (Wildman–Crippen LogP) is 0.231. The van der Waals surface area contributed by atoms with E-state index in [0.29, 0.717) is 32.0 Å². The van der Waals surface area contributed by atoms with Crippen molar-refractivity contribution in [2.45, 2.75) is 25.7 Å². The molecule has 0 aliphatic carbocycles. The van der Waals surface area contributed by atoms with E-state index in [0.717, 1.165) is 19.4 Å². The number of carboxylic acids is 1. The standard InChI is InChI=1S/C11H21N3O3/c12-5-6-13-11(17)14-7-1-2-9(8-14)3-4-10(15)16/h9H,1-8,12H2,(H,13,17)(H,15,16). The van der Waals surface area contributed by atoms with Gasteiger partial charge < -0.3 is 21.1 Å². The van der Waals surface area contributed by atoms with Crippen LogP contribution in [0.2, 0.25) is 0 Å². The van der Waals surface area contributed by atoms with Crippen LogP contribution in [0.25, 0.3) is 0 Å². The van der Waals surface area contributed by atoms with Crippen LogP contribution in [-0.4, -0.2) is 48.2 Å². The zero-order valence-corrected chi connectivity index (χ0v) is 10.0. The summed E-state index contributed by atoms with van der Waals surface area (Å²) in [5.74, 6) is -0.460. The molecule has 4 N–H and O–H groups in total. The minimum atomic E-state index is -0.769. The Morgan fingerprint density at radius 2 is 2.24 bits per heavy atom. The topological polar surface area (TPSA) is 95.7 Å². The van der Waals surface area contributed by atoms with E-state index in [9.17, 15) is 9.59 Å². The highest BCUT2D eigenvalue weighted by Crippen LogP contribution is 2.20. The van der Waals surface area contributed by atoms with E-state index in [1.54, 1.807) is 4.90 Å². The molecule has 1 atom stereocenters. The number of carbonyl (C=O) groups is 2. The molecule has 98 valence electrons. The molecule has 0 aromatic rings. The van der Waals surface area contributed by atoms with Gasteiger partial charge in [0.25, 0.3) is 0 Å². The minimum Gasteiger partial charge on any atom is -0.481 e. The molecule has 2 amide bonds. The summed E-state index contributed by atoms with van der Waals surface area (Å²) in [6.07, 6.45) is 2.78. The third-order valence-electron chi connectivity index (χ3n) is 2.99. The predicted molar refractivity (Wildman–Crippen MR) is 63.6 cm³/mol. The Kier molecular flexibility index (Phi) is 5.76. The van der Waals surface area contributed by atoms with Crippen molar-refractivity contribution < 1.29 is 14.7 Å². The van der Waals surface area contributed by atoms with Gasteiger partial charge >= 0.3 is 12.0 Å². The third-order valence-corrected chi connectivity index (χ3v) is 2.99. The molecule has 0 aromatic carbocycles. The second-order valence-corrected chi connectivity index (χ2v) is 4.41. The number of rotatable bonds is 5. The number of aliphatic carboxylic acids is 1. The highest BCUT2D eigenvalue weighted by molar-refractivity contribution is 5.74. The molecule has 1 aliphatic heterocycles. The number of hydrogen-bond donors (Lipinski definition) is 3. The molecule has 0 aromatic heterocycles. The normalized spacial score (nSPS) is 20.1. The molecule has 17 heavy (non-hydrogen) atoms. The lowest BCUT2D eigenvalue weighted by Gasteiger charge is -2.32. The third kappa shape index (κ3) is 5.04. The molecule has 1 unspecified atom stereocenters. The number of piperidine rings is 1. The summed E-state index contributed by atoms with van der Waals surface area (Å²) < 4.78 is 0. The zero-order valence-electron chi connectivity index (χ0n) is 10.0. The molecule has 1 fully saturated rings. The van der Waals surface area contributed by atoms with Gasteiger partial charge in [0.2, 0.25) is 0 Å². The Labute approximate surface area is 101 Å². The number of urea groups is 1. The summed E-state index contributed by atoms with van der Waals surface area (Å²) in [5.41, 5.74) is 5.32. The quantitative estimate of drug-likeness (QED) is 0.644. The van der Waals surface area contributed by atoms with Crippen molar-refractivity contribution in [1.82, 2.24) is 10.2 Å². The molecule has 1 heterocycles. The first-order chi connectivity index (χ1) is 8.13. The second-order valence-electron chi connectivity index (χ2n) is 4.41. The number of likely N-dealkylation sites (tertiary alicyclic amines) is 1. The Bertz CT molecular complexity index is 271. The molecular weight excluding hydrogens is 222 g/mol. The van der Waals surface area contributed by atoms with Crippen molar-refractivity contribution in [1.29, 1.82) is 0 Å². The van der Waals surface area contributed by atoms with Crippen molar-refractivity contribution in [2.24, 2.45) is 11.7 Å². The first kappa shape index (κ1) is 13.8. The van der Waals surface area contributed by atoms with Gasteiger partial charge in [-0.3, -0.25) is 4.79 Å². The van der Waals surface area contributed by atoms with Crippen LogP contribution < -0.4 is 11.1 Å². The van der Waals surface area contributed by atoms with E-state index in [2.05, 4.69) is 5.32 Å². The van der Waals surface area contributed by atoms with Gasteiger partial charge in [-0.2, -0.15) is 0 Å². The molecule has 0 radical (unpaired) electrons. The van der Waals surface area contributed by atoms with Gasteiger partial charge in [-0.25, -0.2) is 4.79 Å². The van der Waals surface area contributed by atoms with Crippen molar-refractivity contribution in [3.8, 4) is 0 Å². The number of nitrogens with one attached hydrogen (secondary N) is 1. The molecule has 1 aliphatic rings. The Hall–Kier alpha value is -1.30. The lowest BCUT2D eigenvalue weighted by molar-refractivity contribution is -0.137. The van der Waals surface area contributed by atoms with Crippen molar-refractivity contribution >= 4 is 12.0 Å². The largest absolute Gasteiger partial charge is 0.481 e. The molecule has 1 saturated heterocycles. The summed E-state index contributed by atoms with van der Waals surface area (Å²) in [6.45, 7) is 2.32. The molecule has 0 saturated carbocycles. The molecule has 6 heteroatoms. The van der Waals surface area contributed by atoms with Gasteiger partial charge in [0.05, 0.1) is 0 Å². The van der Waals surface area contributed by atoms with Crippen LogP contribution in [0.1, 0.15) is 25.7 Å². The molecule has 1 rings (SSSR count). The van der Waals surface area contributed by atoms with E-state index in [1.807, 2.05) is 0 Å². The van der Waals surface area contributed by atoms with E-state index >= 15 is 0 Å². The van der Waals surface area contributed by atoms with Gasteiger partial charge in [-0.1, -0.05) is 0 Å². The number of nitrogens with two attached hydrogens (primary N) is 1. The van der Waals surface area contributed by atoms with Gasteiger partial charge in [-0.15, -0.1) is 0 Å². The van der Waals surface area contributed by atoms with Crippen molar-refractivity contribution in [3.05, 3.63) is 0 Å². The van der Waals surface area contributed by atoms with Crippen LogP contribution in [0.15, 0.2) is 0 Å². The maximum atomic E-state index is 11.7. The maximum absolute atomic E-state index is 11.7. The molecule has 0 bridgehead atoms. The van der Waals surface area contributed by atoms with Gasteiger partial charge in [0.15, 0.2) is 0 Å². The maximum Gasteiger partial charge on any atom is 0.317 e. The fraction of sp³-hybridized carbons (Fsp3) is 0.818. The SMILES string of the molecule is NCCNC(=O)N1CCCC(CCC(=O)O)C1. The smallest absolute Gasteiger partial charge is 0.317 e. The summed E-state index contributed by atoms with van der Waals surface area (Å²) in [7, 11) is 0. The van der Waals surface area contributed by atoms with Gasteiger partial charge in [-0.05, 0) is 25.2 Å². The lowest BCUT2D eigenvalue weighted by Crippen LogP contribution is -2.46. The van der Waals surface area contributed by atoms with Gasteiger partial charge in [0, 0.05) is 32.6 Å². The lowest BCUT2D eigenvalue weighted by atomic mass is 9.93. The Balaban J connectivity index is 2.32. The summed E-state index contributed by atoms with van der Waals surface area (Å²) >= 11 is 0. The average molecular weight is 243 g/mol. The van der Waals surface area contributed by atoms with Crippen LogP contribution in [0.5, 0.6) is 0 Å².